The van der Waals surface area contributed by atoms with E-state index in [1.54, 1.807) is 42.3 Å². The molecule has 5 nitrogen and oxygen atoms in total. The molecule has 0 unspecified atom stereocenters. The Morgan fingerprint density at radius 3 is 2.44 bits per heavy atom. The van der Waals surface area contributed by atoms with Crippen molar-refractivity contribution in [3.8, 4) is 11.3 Å². The summed E-state index contributed by atoms with van der Waals surface area (Å²) in [5.41, 5.74) is 5.46. The van der Waals surface area contributed by atoms with E-state index in [9.17, 15) is 8.78 Å². The van der Waals surface area contributed by atoms with Crippen LogP contribution in [0.2, 0.25) is 0 Å². The number of nitrogens with zero attached hydrogens (tertiary/aromatic N) is 1. The van der Waals surface area contributed by atoms with Gasteiger partial charge in [-0.15, -0.1) is 12.6 Å². The van der Waals surface area contributed by atoms with Crippen LogP contribution >= 0.6 is 24.6 Å². The van der Waals surface area contributed by atoms with E-state index in [-0.39, 0.29) is 11.6 Å². The Hall–Kier alpha value is -2.85. The molecule has 1 atom stereocenters. The second-order valence-corrected chi connectivity index (χ2v) is 10.4. The Morgan fingerprint density at radius 2 is 1.87 bits per heavy atom. The van der Waals surface area contributed by atoms with Gasteiger partial charge in [0.05, 0.1) is 5.69 Å². The summed E-state index contributed by atoms with van der Waals surface area (Å²) in [4.78, 5) is 8.40. The largest absolute Gasteiger partial charge is 0.456 e. The third-order valence-corrected chi connectivity index (χ3v) is 7.71. The van der Waals surface area contributed by atoms with Gasteiger partial charge in [0.1, 0.15) is 29.8 Å². The van der Waals surface area contributed by atoms with Crippen molar-refractivity contribution in [2.24, 2.45) is 0 Å². The van der Waals surface area contributed by atoms with Gasteiger partial charge in [0.25, 0.3) is 0 Å². The standard InChI is InChI=1S/C23H28FN3OS.C6H5FS.CH2O/c1-25-14-20-19-11-18(16-5-4-10-26-13-16)21(27(2)29-3)12-22(19)28-23(20)15-6-8-17(24)9-7-15;7-5-3-1-2-4-6(5)8;1-2/h6-9,11-12,16,25-26H,4-5,10,13-14H2,1-3H3;1-4,8H;1H2/t16-;;/m1../s1. The van der Waals surface area contributed by atoms with Gasteiger partial charge in [0.15, 0.2) is 0 Å². The summed E-state index contributed by atoms with van der Waals surface area (Å²) in [6.07, 6.45) is 4.48. The number of halogens is 2. The summed E-state index contributed by atoms with van der Waals surface area (Å²) < 4.78 is 34.2. The summed E-state index contributed by atoms with van der Waals surface area (Å²) in [7, 11) is 4.04. The van der Waals surface area contributed by atoms with Crippen LogP contribution in [-0.2, 0) is 11.3 Å². The van der Waals surface area contributed by atoms with E-state index >= 15 is 0 Å². The minimum absolute atomic E-state index is 0.240. The highest BCUT2D eigenvalue weighted by Crippen LogP contribution is 2.41. The molecule has 39 heavy (non-hydrogen) atoms. The van der Waals surface area contributed by atoms with Crippen molar-refractivity contribution in [3.63, 3.8) is 0 Å². The van der Waals surface area contributed by atoms with Crippen LogP contribution in [0.1, 0.15) is 29.9 Å². The molecule has 9 heteroatoms. The van der Waals surface area contributed by atoms with Crippen molar-refractivity contribution in [1.29, 1.82) is 0 Å². The highest BCUT2D eigenvalue weighted by Gasteiger charge is 2.24. The topological polar surface area (TPSA) is 57.5 Å². The monoisotopic (exact) mass is 571 g/mol. The van der Waals surface area contributed by atoms with Crippen LogP contribution in [-0.4, -0.2) is 40.2 Å². The van der Waals surface area contributed by atoms with Crippen LogP contribution in [0.25, 0.3) is 22.3 Å². The number of nitrogens with one attached hydrogen (secondary N) is 2. The summed E-state index contributed by atoms with van der Waals surface area (Å²) in [5, 5.41) is 7.95. The normalized spacial score (nSPS) is 14.7. The van der Waals surface area contributed by atoms with Gasteiger partial charge in [-0.05, 0) is 80.4 Å². The van der Waals surface area contributed by atoms with Crippen LogP contribution in [0, 0.1) is 11.6 Å². The Bertz CT molecular complexity index is 1320. The SMILES string of the molecule is C=O.CNCc1c(-c2ccc(F)cc2)oc2cc(N(C)SC)c([C@@H]3CCCNC3)cc12.Fc1ccccc1S. The molecule has 0 amide bonds. The predicted octanol–water partition coefficient (Wildman–Crippen LogP) is 7.07. The van der Waals surface area contributed by atoms with Crippen molar-refractivity contribution in [2.75, 3.05) is 37.7 Å². The smallest absolute Gasteiger partial charge is 0.139 e. The van der Waals surface area contributed by atoms with Gasteiger partial charge in [-0.25, -0.2) is 8.78 Å². The minimum atomic E-state index is -0.268. The maximum atomic E-state index is 13.4. The second-order valence-electron chi connectivity index (χ2n) is 9.03. The molecule has 0 aliphatic carbocycles. The van der Waals surface area contributed by atoms with Gasteiger partial charge in [-0.2, -0.15) is 0 Å². The summed E-state index contributed by atoms with van der Waals surface area (Å²) in [6.45, 7) is 4.79. The lowest BCUT2D eigenvalue weighted by molar-refractivity contribution is -0.0980. The number of benzene rings is 3. The maximum absolute atomic E-state index is 13.4. The molecule has 4 aromatic rings. The molecule has 2 N–H and O–H groups in total. The number of rotatable bonds is 6. The summed E-state index contributed by atoms with van der Waals surface area (Å²) in [5.74, 6) is 0.794. The molecule has 1 saturated heterocycles. The van der Waals surface area contributed by atoms with Crippen molar-refractivity contribution in [1.82, 2.24) is 10.6 Å². The molecule has 1 fully saturated rings. The van der Waals surface area contributed by atoms with E-state index in [2.05, 4.69) is 53.0 Å². The molecule has 208 valence electrons. The third kappa shape index (κ3) is 7.63. The van der Waals surface area contributed by atoms with Crippen molar-refractivity contribution < 1.29 is 18.0 Å². The van der Waals surface area contributed by atoms with Crippen molar-refractivity contribution in [3.05, 3.63) is 83.4 Å². The van der Waals surface area contributed by atoms with Gasteiger partial charge in [-0.1, -0.05) is 24.1 Å². The molecule has 3 aromatic carbocycles. The van der Waals surface area contributed by atoms with E-state index in [1.165, 1.54) is 42.3 Å². The molecule has 2 heterocycles. The zero-order chi connectivity index (χ0) is 28.4. The van der Waals surface area contributed by atoms with Crippen LogP contribution in [0.4, 0.5) is 14.5 Å². The Balaban J connectivity index is 0.000000357. The lowest BCUT2D eigenvalue weighted by atomic mass is 9.89. The van der Waals surface area contributed by atoms with E-state index in [1.807, 2.05) is 13.8 Å². The Kier molecular flexibility index (Phi) is 11.9. The fourth-order valence-corrected chi connectivity index (χ4v) is 5.17. The molecule has 5 rings (SSSR count). The van der Waals surface area contributed by atoms with Gasteiger partial charge in [-0.3, -0.25) is 0 Å². The first-order valence-corrected chi connectivity index (χ1v) is 14.3. The summed E-state index contributed by atoms with van der Waals surface area (Å²) in [6, 6.07) is 17.4. The van der Waals surface area contributed by atoms with Crippen molar-refractivity contribution >= 4 is 48.0 Å². The third-order valence-electron chi connectivity index (χ3n) is 6.60. The zero-order valence-corrected chi connectivity index (χ0v) is 24.2. The number of hydrogen-bond donors (Lipinski definition) is 3. The molecule has 0 bridgehead atoms. The average Bonchev–Trinajstić information content (AvgIpc) is 3.33. The van der Waals surface area contributed by atoms with Gasteiger partial charge < -0.3 is 24.2 Å². The van der Waals surface area contributed by atoms with E-state index in [4.69, 9.17) is 9.21 Å². The van der Waals surface area contributed by atoms with Crippen LogP contribution in [0.5, 0.6) is 0 Å². The van der Waals surface area contributed by atoms with E-state index < -0.39 is 0 Å². The van der Waals surface area contributed by atoms with E-state index in [0.717, 1.165) is 40.9 Å². The molecule has 1 aliphatic heterocycles. The average molecular weight is 572 g/mol. The fourth-order valence-electron chi connectivity index (χ4n) is 4.65. The second kappa shape index (κ2) is 15.1. The van der Waals surface area contributed by atoms with Gasteiger partial charge in [0, 0.05) is 53.9 Å². The molecular weight excluding hydrogens is 536 g/mol. The molecule has 0 spiro atoms. The summed E-state index contributed by atoms with van der Waals surface area (Å²) >= 11 is 5.52. The first kappa shape index (κ1) is 30.7. The predicted molar refractivity (Wildman–Crippen MR) is 162 cm³/mol. The number of anilines is 1. The maximum Gasteiger partial charge on any atom is 0.139 e. The number of carbonyl (C=O) groups excluding carboxylic acids is 1. The number of piperidine rings is 1. The molecular formula is C30H35F2N3O2S2. The Morgan fingerprint density at radius 1 is 1.15 bits per heavy atom. The minimum Gasteiger partial charge on any atom is -0.456 e. The highest BCUT2D eigenvalue weighted by atomic mass is 32.2. The molecule has 0 radical (unpaired) electrons. The lowest BCUT2D eigenvalue weighted by Crippen LogP contribution is -2.29. The van der Waals surface area contributed by atoms with Gasteiger partial charge in [0.2, 0.25) is 0 Å². The quantitative estimate of drug-likeness (QED) is 0.170. The first-order chi connectivity index (χ1) is 18.9. The van der Waals surface area contributed by atoms with Gasteiger partial charge >= 0.3 is 0 Å². The van der Waals surface area contributed by atoms with Crippen LogP contribution in [0.3, 0.4) is 0 Å². The van der Waals surface area contributed by atoms with E-state index in [0.29, 0.717) is 17.4 Å². The molecule has 1 aliphatic rings. The number of furan rings is 1. The Labute approximate surface area is 238 Å². The highest BCUT2D eigenvalue weighted by molar-refractivity contribution is 7.99. The van der Waals surface area contributed by atoms with Crippen molar-refractivity contribution in [2.45, 2.75) is 30.2 Å². The van der Waals surface area contributed by atoms with Crippen LogP contribution < -0.4 is 14.9 Å². The van der Waals surface area contributed by atoms with Crippen LogP contribution in [0.15, 0.2) is 70.0 Å². The lowest BCUT2D eigenvalue weighted by Gasteiger charge is -2.28. The first-order valence-electron chi connectivity index (χ1n) is 12.6. The number of fused-ring (bicyclic) bond motifs is 1. The molecule has 1 aromatic heterocycles. The number of carbonyl (C=O) groups is 1. The number of hydrogen-bond acceptors (Lipinski definition) is 7. The fraction of sp³-hybridized carbons (Fsp3) is 0.300. The number of thiol groups is 1. The zero-order valence-electron chi connectivity index (χ0n) is 22.5. The molecule has 0 saturated carbocycles.